The maximum absolute atomic E-state index is 12.2. The van der Waals surface area contributed by atoms with Crippen molar-refractivity contribution in [2.45, 2.75) is 13.8 Å². The molecule has 0 saturated carbocycles. The first-order valence-corrected chi connectivity index (χ1v) is 6.77. The fourth-order valence-corrected chi connectivity index (χ4v) is 2.04. The summed E-state index contributed by atoms with van der Waals surface area (Å²) in [5, 5.41) is 13.6. The molecule has 112 valence electrons. The van der Waals surface area contributed by atoms with Crippen LogP contribution in [0.4, 0.5) is 11.4 Å². The lowest BCUT2D eigenvalue weighted by Gasteiger charge is -2.09. The predicted octanol–water partition coefficient (Wildman–Crippen LogP) is 3.95. The molecule has 0 fully saturated rings. The standard InChI is InChI=1S/C17H16N2O3/c1-12(11-14-7-4-3-5-8-14)17(20)18-15-9-6-10-16(13(15)2)19(21)22/h3-11H,1-2H3,(H,18,20)/b12-11+. The van der Waals surface area contributed by atoms with Crippen LogP contribution in [0.15, 0.2) is 54.1 Å². The van der Waals surface area contributed by atoms with Gasteiger partial charge in [-0.25, -0.2) is 0 Å². The first-order chi connectivity index (χ1) is 10.5. The topological polar surface area (TPSA) is 72.2 Å². The van der Waals surface area contributed by atoms with Gasteiger partial charge in [-0.1, -0.05) is 36.4 Å². The zero-order chi connectivity index (χ0) is 16.1. The van der Waals surface area contributed by atoms with Gasteiger partial charge in [0.15, 0.2) is 0 Å². The molecule has 1 N–H and O–H groups in total. The van der Waals surface area contributed by atoms with Crippen molar-refractivity contribution in [2.24, 2.45) is 0 Å². The number of nitrogens with one attached hydrogen (secondary N) is 1. The van der Waals surface area contributed by atoms with E-state index in [0.29, 0.717) is 16.8 Å². The second-order valence-corrected chi connectivity index (χ2v) is 4.90. The summed E-state index contributed by atoms with van der Waals surface area (Å²) >= 11 is 0. The van der Waals surface area contributed by atoms with E-state index in [1.54, 1.807) is 32.1 Å². The molecular formula is C17H16N2O3. The molecule has 1 amide bonds. The molecule has 0 aliphatic rings. The largest absolute Gasteiger partial charge is 0.322 e. The lowest BCUT2D eigenvalue weighted by Crippen LogP contribution is -2.13. The average molecular weight is 296 g/mol. The summed E-state index contributed by atoms with van der Waals surface area (Å²) in [6, 6.07) is 14.1. The summed E-state index contributed by atoms with van der Waals surface area (Å²) in [5.41, 5.74) is 2.32. The van der Waals surface area contributed by atoms with Crippen LogP contribution in [0.5, 0.6) is 0 Å². The lowest BCUT2D eigenvalue weighted by molar-refractivity contribution is -0.385. The Morgan fingerprint density at radius 1 is 1.14 bits per heavy atom. The van der Waals surface area contributed by atoms with Crippen LogP contribution in [0.2, 0.25) is 0 Å². The van der Waals surface area contributed by atoms with Gasteiger partial charge in [-0.05, 0) is 31.6 Å². The molecule has 0 atom stereocenters. The Labute approximate surface area is 128 Å². The SMILES string of the molecule is C/C(=C\c1ccccc1)C(=O)Nc1cccc([N+](=O)[O-])c1C. The highest BCUT2D eigenvalue weighted by Crippen LogP contribution is 2.25. The van der Waals surface area contributed by atoms with Gasteiger partial charge in [-0.15, -0.1) is 0 Å². The minimum atomic E-state index is -0.461. The molecule has 2 aromatic rings. The van der Waals surface area contributed by atoms with Crippen LogP contribution >= 0.6 is 0 Å². The maximum atomic E-state index is 12.2. The Bertz CT molecular complexity index is 737. The van der Waals surface area contributed by atoms with E-state index in [2.05, 4.69) is 5.32 Å². The van der Waals surface area contributed by atoms with Crippen LogP contribution in [0.25, 0.3) is 6.08 Å². The summed E-state index contributed by atoms with van der Waals surface area (Å²) in [5.74, 6) is -0.285. The van der Waals surface area contributed by atoms with Crippen LogP contribution in [0.1, 0.15) is 18.1 Å². The van der Waals surface area contributed by atoms with E-state index in [9.17, 15) is 14.9 Å². The van der Waals surface area contributed by atoms with E-state index >= 15 is 0 Å². The number of carbonyl (C=O) groups excluding carboxylic acids is 1. The smallest absolute Gasteiger partial charge is 0.274 e. The number of nitro groups is 1. The zero-order valence-electron chi connectivity index (χ0n) is 12.4. The Balaban J connectivity index is 2.21. The number of carbonyl (C=O) groups is 1. The van der Waals surface area contributed by atoms with Gasteiger partial charge in [0.05, 0.1) is 16.2 Å². The van der Waals surface area contributed by atoms with Crippen molar-refractivity contribution in [1.82, 2.24) is 0 Å². The fourth-order valence-electron chi connectivity index (χ4n) is 2.04. The van der Waals surface area contributed by atoms with Crippen molar-refractivity contribution in [3.63, 3.8) is 0 Å². The molecule has 0 unspecified atom stereocenters. The molecule has 0 aliphatic heterocycles. The van der Waals surface area contributed by atoms with Crippen LogP contribution in [-0.4, -0.2) is 10.8 Å². The first-order valence-electron chi connectivity index (χ1n) is 6.77. The van der Waals surface area contributed by atoms with Gasteiger partial charge in [0.1, 0.15) is 0 Å². The summed E-state index contributed by atoms with van der Waals surface area (Å²) in [4.78, 5) is 22.7. The average Bonchev–Trinajstić information content (AvgIpc) is 2.50. The molecular weight excluding hydrogens is 280 g/mol. The van der Waals surface area contributed by atoms with E-state index in [1.165, 1.54) is 6.07 Å². The molecule has 0 aromatic heterocycles. The molecule has 5 nitrogen and oxygen atoms in total. The number of amides is 1. The van der Waals surface area contributed by atoms with Gasteiger partial charge in [-0.2, -0.15) is 0 Å². The van der Waals surface area contributed by atoms with E-state index in [-0.39, 0.29) is 11.6 Å². The summed E-state index contributed by atoms with van der Waals surface area (Å²) in [6.07, 6.45) is 1.77. The van der Waals surface area contributed by atoms with E-state index in [4.69, 9.17) is 0 Å². The van der Waals surface area contributed by atoms with Crippen molar-refractivity contribution < 1.29 is 9.72 Å². The number of nitrogens with zero attached hydrogens (tertiary/aromatic N) is 1. The Morgan fingerprint density at radius 2 is 1.82 bits per heavy atom. The number of hydrogen-bond acceptors (Lipinski definition) is 3. The number of hydrogen-bond donors (Lipinski definition) is 1. The third kappa shape index (κ3) is 3.58. The van der Waals surface area contributed by atoms with Crippen molar-refractivity contribution >= 4 is 23.4 Å². The quantitative estimate of drug-likeness (QED) is 0.527. The van der Waals surface area contributed by atoms with Crippen molar-refractivity contribution in [2.75, 3.05) is 5.32 Å². The Kier molecular flexibility index (Phi) is 4.68. The highest BCUT2D eigenvalue weighted by molar-refractivity contribution is 6.06. The molecule has 0 radical (unpaired) electrons. The van der Waals surface area contributed by atoms with Crippen molar-refractivity contribution in [1.29, 1.82) is 0 Å². The Morgan fingerprint density at radius 3 is 2.45 bits per heavy atom. The number of anilines is 1. The molecule has 22 heavy (non-hydrogen) atoms. The molecule has 0 saturated heterocycles. The van der Waals surface area contributed by atoms with Crippen molar-refractivity contribution in [3.8, 4) is 0 Å². The second kappa shape index (κ2) is 6.67. The number of benzene rings is 2. The summed E-state index contributed by atoms with van der Waals surface area (Å²) in [7, 11) is 0. The molecule has 5 heteroatoms. The fraction of sp³-hybridized carbons (Fsp3) is 0.118. The second-order valence-electron chi connectivity index (χ2n) is 4.90. The number of rotatable bonds is 4. The monoisotopic (exact) mass is 296 g/mol. The van der Waals surface area contributed by atoms with Gasteiger partial charge >= 0.3 is 0 Å². The van der Waals surface area contributed by atoms with Gasteiger partial charge in [0.2, 0.25) is 0 Å². The van der Waals surface area contributed by atoms with Crippen LogP contribution in [-0.2, 0) is 4.79 Å². The Hall–Kier alpha value is -2.95. The van der Waals surface area contributed by atoms with Crippen LogP contribution < -0.4 is 5.32 Å². The molecule has 0 spiro atoms. The first kappa shape index (κ1) is 15.4. The molecule has 0 bridgehead atoms. The van der Waals surface area contributed by atoms with Gasteiger partial charge in [-0.3, -0.25) is 14.9 Å². The van der Waals surface area contributed by atoms with Gasteiger partial charge in [0.25, 0.3) is 11.6 Å². The molecule has 2 rings (SSSR count). The maximum Gasteiger partial charge on any atom is 0.274 e. The molecule has 0 aliphatic carbocycles. The van der Waals surface area contributed by atoms with Crippen molar-refractivity contribution in [3.05, 3.63) is 75.3 Å². The van der Waals surface area contributed by atoms with Crippen LogP contribution in [0, 0.1) is 17.0 Å². The molecule has 0 heterocycles. The minimum Gasteiger partial charge on any atom is -0.322 e. The third-order valence-electron chi connectivity index (χ3n) is 3.29. The van der Waals surface area contributed by atoms with E-state index in [0.717, 1.165) is 5.56 Å². The highest BCUT2D eigenvalue weighted by Gasteiger charge is 2.15. The normalized spacial score (nSPS) is 11.1. The zero-order valence-corrected chi connectivity index (χ0v) is 12.4. The van der Waals surface area contributed by atoms with Crippen LogP contribution in [0.3, 0.4) is 0 Å². The van der Waals surface area contributed by atoms with E-state index in [1.807, 2.05) is 30.3 Å². The summed E-state index contributed by atoms with van der Waals surface area (Å²) < 4.78 is 0. The lowest BCUT2D eigenvalue weighted by atomic mass is 10.1. The third-order valence-corrected chi connectivity index (χ3v) is 3.29. The van der Waals surface area contributed by atoms with E-state index < -0.39 is 4.92 Å². The minimum absolute atomic E-state index is 0.0116. The summed E-state index contributed by atoms with van der Waals surface area (Å²) in [6.45, 7) is 3.32. The highest BCUT2D eigenvalue weighted by atomic mass is 16.6. The predicted molar refractivity (Wildman–Crippen MR) is 86.6 cm³/mol. The van der Waals surface area contributed by atoms with Gasteiger partial charge < -0.3 is 5.32 Å². The number of nitro benzene ring substituents is 1. The molecule has 2 aromatic carbocycles. The van der Waals surface area contributed by atoms with Gasteiger partial charge in [0, 0.05) is 11.6 Å².